The standard InChI is InChI=1S/C18H21N3/c1-13(16-11-14-6-7-15(16)10-14)20-17-4-2-3-5-18(17)21-9-8-19-12-21/h2-9,12-16,20H,10-11H2,1H3. The summed E-state index contributed by atoms with van der Waals surface area (Å²) in [5.74, 6) is 2.36. The fourth-order valence-corrected chi connectivity index (χ4v) is 3.97. The van der Waals surface area contributed by atoms with Crippen LogP contribution in [0.5, 0.6) is 0 Å². The molecule has 1 aromatic heterocycles. The second-order valence-electron chi connectivity index (χ2n) is 6.36. The van der Waals surface area contributed by atoms with Gasteiger partial charge in [0.05, 0.1) is 17.7 Å². The Kier molecular flexibility index (Phi) is 3.06. The number of aromatic nitrogens is 2. The van der Waals surface area contributed by atoms with Crippen LogP contribution in [-0.4, -0.2) is 15.6 Å². The van der Waals surface area contributed by atoms with Crippen molar-refractivity contribution in [3.05, 3.63) is 55.1 Å². The molecule has 1 N–H and O–H groups in total. The van der Waals surface area contributed by atoms with E-state index in [1.54, 1.807) is 0 Å². The van der Waals surface area contributed by atoms with Crippen LogP contribution in [0.15, 0.2) is 55.1 Å². The van der Waals surface area contributed by atoms with Gasteiger partial charge in [0.25, 0.3) is 0 Å². The molecule has 2 aliphatic rings. The topological polar surface area (TPSA) is 29.9 Å². The summed E-state index contributed by atoms with van der Waals surface area (Å²) in [5.41, 5.74) is 2.36. The summed E-state index contributed by atoms with van der Waals surface area (Å²) in [5, 5.41) is 3.74. The van der Waals surface area contributed by atoms with Gasteiger partial charge < -0.3 is 9.88 Å². The molecule has 2 aliphatic carbocycles. The van der Waals surface area contributed by atoms with Crippen LogP contribution in [0.25, 0.3) is 5.69 Å². The maximum absolute atomic E-state index is 4.15. The minimum atomic E-state index is 0.495. The molecule has 2 aromatic rings. The second kappa shape index (κ2) is 5.06. The average Bonchev–Trinajstić information content (AvgIpc) is 3.25. The number of anilines is 1. The molecule has 4 rings (SSSR count). The maximum Gasteiger partial charge on any atom is 0.0992 e. The zero-order chi connectivity index (χ0) is 14.2. The number of allylic oxidation sites excluding steroid dienone is 2. The Balaban J connectivity index is 1.56. The first-order valence-corrected chi connectivity index (χ1v) is 7.83. The van der Waals surface area contributed by atoms with Crippen molar-refractivity contribution < 1.29 is 0 Å². The van der Waals surface area contributed by atoms with E-state index in [4.69, 9.17) is 0 Å². The SMILES string of the molecule is CC(Nc1ccccc1-n1ccnc1)C1CC2C=CC1C2. The molecule has 2 bridgehead atoms. The molecule has 3 nitrogen and oxygen atoms in total. The van der Waals surface area contributed by atoms with E-state index in [1.807, 2.05) is 18.7 Å². The molecule has 1 saturated carbocycles. The lowest BCUT2D eigenvalue weighted by Gasteiger charge is -2.28. The number of fused-ring (bicyclic) bond motifs is 2. The molecule has 3 heteroatoms. The Hall–Kier alpha value is -2.03. The van der Waals surface area contributed by atoms with Crippen molar-refractivity contribution in [2.24, 2.45) is 17.8 Å². The van der Waals surface area contributed by atoms with Gasteiger partial charge >= 0.3 is 0 Å². The Morgan fingerprint density at radius 1 is 1.24 bits per heavy atom. The van der Waals surface area contributed by atoms with E-state index in [0.29, 0.717) is 6.04 Å². The van der Waals surface area contributed by atoms with Crippen molar-refractivity contribution >= 4 is 5.69 Å². The number of benzene rings is 1. The molecule has 21 heavy (non-hydrogen) atoms. The number of hydrogen-bond acceptors (Lipinski definition) is 2. The first kappa shape index (κ1) is 12.7. The van der Waals surface area contributed by atoms with Crippen molar-refractivity contribution in [1.29, 1.82) is 0 Å². The molecule has 1 heterocycles. The smallest absolute Gasteiger partial charge is 0.0992 e. The first-order valence-electron chi connectivity index (χ1n) is 7.83. The van der Waals surface area contributed by atoms with Crippen LogP contribution in [0.2, 0.25) is 0 Å². The third kappa shape index (κ3) is 2.27. The highest BCUT2D eigenvalue weighted by molar-refractivity contribution is 5.61. The van der Waals surface area contributed by atoms with Crippen molar-refractivity contribution in [2.45, 2.75) is 25.8 Å². The van der Waals surface area contributed by atoms with Crippen molar-refractivity contribution in [3.8, 4) is 5.69 Å². The van der Waals surface area contributed by atoms with Gasteiger partial charge in [-0.2, -0.15) is 0 Å². The van der Waals surface area contributed by atoms with Crippen LogP contribution in [0.1, 0.15) is 19.8 Å². The van der Waals surface area contributed by atoms with Gasteiger partial charge in [0.2, 0.25) is 0 Å². The lowest BCUT2D eigenvalue weighted by Crippen LogP contribution is -2.29. The second-order valence-corrected chi connectivity index (χ2v) is 6.36. The Morgan fingerprint density at radius 2 is 2.14 bits per heavy atom. The molecule has 0 amide bonds. The van der Waals surface area contributed by atoms with E-state index in [9.17, 15) is 0 Å². The van der Waals surface area contributed by atoms with Gasteiger partial charge in [0, 0.05) is 18.4 Å². The summed E-state index contributed by atoms with van der Waals surface area (Å²) in [6, 6.07) is 8.96. The highest BCUT2D eigenvalue weighted by Gasteiger charge is 2.38. The molecule has 4 unspecified atom stereocenters. The zero-order valence-corrected chi connectivity index (χ0v) is 12.3. The lowest BCUT2D eigenvalue weighted by molar-refractivity contribution is 0.400. The highest BCUT2D eigenvalue weighted by Crippen LogP contribution is 2.45. The fourth-order valence-electron chi connectivity index (χ4n) is 3.97. The molecular weight excluding hydrogens is 258 g/mol. The van der Waals surface area contributed by atoms with Crippen LogP contribution >= 0.6 is 0 Å². The summed E-state index contributed by atoms with van der Waals surface area (Å²) in [6.45, 7) is 2.32. The van der Waals surface area contributed by atoms with Gasteiger partial charge in [0.1, 0.15) is 0 Å². The summed E-state index contributed by atoms with van der Waals surface area (Å²) < 4.78 is 2.07. The van der Waals surface area contributed by atoms with Crippen molar-refractivity contribution in [1.82, 2.24) is 9.55 Å². The molecule has 0 radical (unpaired) electrons. The number of hydrogen-bond donors (Lipinski definition) is 1. The van der Waals surface area contributed by atoms with E-state index < -0.39 is 0 Å². The maximum atomic E-state index is 4.15. The zero-order valence-electron chi connectivity index (χ0n) is 12.3. The number of nitrogens with zero attached hydrogens (tertiary/aromatic N) is 2. The number of nitrogens with one attached hydrogen (secondary N) is 1. The third-order valence-electron chi connectivity index (χ3n) is 5.04. The van der Waals surface area contributed by atoms with E-state index in [2.05, 4.69) is 58.2 Å². The predicted molar refractivity (Wildman–Crippen MR) is 85.5 cm³/mol. The van der Waals surface area contributed by atoms with Gasteiger partial charge in [-0.3, -0.25) is 0 Å². The molecule has 1 fully saturated rings. The molecular formula is C18H21N3. The van der Waals surface area contributed by atoms with Crippen molar-refractivity contribution in [3.63, 3.8) is 0 Å². The number of para-hydroxylation sites is 2. The molecule has 0 spiro atoms. The molecule has 1 aromatic carbocycles. The van der Waals surface area contributed by atoms with Gasteiger partial charge in [0.15, 0.2) is 0 Å². The number of imidazole rings is 1. The summed E-state index contributed by atoms with van der Waals surface area (Å²) in [7, 11) is 0. The summed E-state index contributed by atoms with van der Waals surface area (Å²) in [6.07, 6.45) is 13.2. The molecule has 0 aliphatic heterocycles. The fraction of sp³-hybridized carbons (Fsp3) is 0.389. The van der Waals surface area contributed by atoms with Crippen LogP contribution in [0, 0.1) is 17.8 Å². The van der Waals surface area contributed by atoms with Crippen LogP contribution < -0.4 is 5.32 Å². The quantitative estimate of drug-likeness (QED) is 0.861. The van der Waals surface area contributed by atoms with Gasteiger partial charge in [-0.25, -0.2) is 4.98 Å². The first-order chi connectivity index (χ1) is 10.3. The number of rotatable bonds is 4. The Morgan fingerprint density at radius 3 is 2.86 bits per heavy atom. The molecule has 4 atom stereocenters. The minimum absolute atomic E-state index is 0.495. The average molecular weight is 279 g/mol. The van der Waals surface area contributed by atoms with E-state index in [1.165, 1.54) is 24.2 Å². The van der Waals surface area contributed by atoms with E-state index in [-0.39, 0.29) is 0 Å². The third-order valence-corrected chi connectivity index (χ3v) is 5.04. The Bertz CT molecular complexity index is 644. The van der Waals surface area contributed by atoms with Gasteiger partial charge in [-0.1, -0.05) is 24.3 Å². The van der Waals surface area contributed by atoms with Gasteiger partial charge in [-0.05, 0) is 49.7 Å². The van der Waals surface area contributed by atoms with Crippen LogP contribution in [0.4, 0.5) is 5.69 Å². The summed E-state index contributed by atoms with van der Waals surface area (Å²) in [4.78, 5) is 4.15. The highest BCUT2D eigenvalue weighted by atomic mass is 15.1. The monoisotopic (exact) mass is 279 g/mol. The van der Waals surface area contributed by atoms with Crippen LogP contribution in [0.3, 0.4) is 0 Å². The van der Waals surface area contributed by atoms with E-state index >= 15 is 0 Å². The molecule has 108 valence electrons. The summed E-state index contributed by atoms with van der Waals surface area (Å²) >= 11 is 0. The van der Waals surface area contributed by atoms with Gasteiger partial charge in [-0.15, -0.1) is 0 Å². The van der Waals surface area contributed by atoms with Crippen molar-refractivity contribution in [2.75, 3.05) is 5.32 Å². The molecule has 0 saturated heterocycles. The normalized spacial score (nSPS) is 28.0. The Labute approximate surface area is 125 Å². The lowest BCUT2D eigenvalue weighted by atomic mass is 9.87. The minimum Gasteiger partial charge on any atom is -0.381 e. The van der Waals surface area contributed by atoms with E-state index in [0.717, 1.165) is 17.8 Å². The predicted octanol–water partition coefficient (Wildman–Crippen LogP) is 3.88. The largest absolute Gasteiger partial charge is 0.381 e. The van der Waals surface area contributed by atoms with Crippen LogP contribution in [-0.2, 0) is 0 Å².